The molecule has 0 fully saturated rings. The number of rotatable bonds is 6. The molecule has 0 bridgehead atoms. The third-order valence-electron chi connectivity index (χ3n) is 2.75. The fourth-order valence-corrected chi connectivity index (χ4v) is 1.79. The van der Waals surface area contributed by atoms with Crippen molar-refractivity contribution >= 4 is 5.69 Å². The van der Waals surface area contributed by atoms with Crippen LogP contribution in [-0.4, -0.2) is 30.0 Å². The zero-order valence-electron chi connectivity index (χ0n) is 10.7. The van der Waals surface area contributed by atoms with Gasteiger partial charge in [0.25, 0.3) is 0 Å². The molecule has 94 valence electrons. The largest absolute Gasteiger partial charge is 0.384 e. The number of benzene rings is 1. The molecule has 2 rings (SSSR count). The molecule has 0 aliphatic heterocycles. The van der Waals surface area contributed by atoms with Gasteiger partial charge in [0.15, 0.2) is 0 Å². The molecule has 0 amide bonds. The van der Waals surface area contributed by atoms with Crippen LogP contribution in [0.25, 0.3) is 0 Å². The van der Waals surface area contributed by atoms with Gasteiger partial charge in [0.05, 0.1) is 5.69 Å². The van der Waals surface area contributed by atoms with Crippen LogP contribution in [0.2, 0.25) is 0 Å². The van der Waals surface area contributed by atoms with Gasteiger partial charge in [-0.25, -0.2) is 0 Å². The fourth-order valence-electron chi connectivity index (χ4n) is 1.79. The van der Waals surface area contributed by atoms with E-state index in [2.05, 4.69) is 40.4 Å². The van der Waals surface area contributed by atoms with Crippen LogP contribution in [-0.2, 0) is 6.54 Å². The van der Waals surface area contributed by atoms with Crippen molar-refractivity contribution in [3.05, 3.63) is 60.4 Å². The van der Waals surface area contributed by atoms with Crippen molar-refractivity contribution in [2.45, 2.75) is 6.54 Å². The zero-order chi connectivity index (χ0) is 12.6. The molecule has 1 aromatic carbocycles. The molecule has 1 heterocycles. The Balaban J connectivity index is 1.71. The van der Waals surface area contributed by atoms with Crippen molar-refractivity contribution in [3.63, 3.8) is 0 Å². The number of likely N-dealkylation sites (N-methyl/N-ethyl adjacent to an activating group) is 1. The normalized spacial score (nSPS) is 10.6. The third kappa shape index (κ3) is 4.18. The van der Waals surface area contributed by atoms with E-state index in [0.29, 0.717) is 0 Å². The second kappa shape index (κ2) is 6.77. The second-order valence-corrected chi connectivity index (χ2v) is 4.35. The first-order chi connectivity index (χ1) is 8.84. The maximum atomic E-state index is 4.32. The first-order valence-electron chi connectivity index (χ1n) is 6.22. The molecule has 0 atom stereocenters. The Morgan fingerprint density at radius 1 is 1.06 bits per heavy atom. The van der Waals surface area contributed by atoms with Crippen molar-refractivity contribution in [2.24, 2.45) is 0 Å². The number of anilines is 1. The van der Waals surface area contributed by atoms with Gasteiger partial charge >= 0.3 is 0 Å². The highest BCUT2D eigenvalue weighted by molar-refractivity contribution is 5.42. The van der Waals surface area contributed by atoms with E-state index in [0.717, 1.165) is 25.3 Å². The summed E-state index contributed by atoms with van der Waals surface area (Å²) in [5.41, 5.74) is 2.28. The first-order valence-corrected chi connectivity index (χ1v) is 6.22. The number of pyridine rings is 1. The Morgan fingerprint density at radius 3 is 2.56 bits per heavy atom. The molecule has 0 aliphatic rings. The van der Waals surface area contributed by atoms with Crippen LogP contribution < -0.4 is 5.32 Å². The molecular formula is C15H19N3. The Kier molecular flexibility index (Phi) is 4.73. The topological polar surface area (TPSA) is 28.2 Å². The summed E-state index contributed by atoms with van der Waals surface area (Å²) in [6, 6.07) is 16.3. The average molecular weight is 241 g/mol. The quantitative estimate of drug-likeness (QED) is 0.842. The third-order valence-corrected chi connectivity index (χ3v) is 2.75. The summed E-state index contributed by atoms with van der Waals surface area (Å²) >= 11 is 0. The lowest BCUT2D eigenvalue weighted by atomic mass is 10.3. The minimum absolute atomic E-state index is 0.886. The molecule has 0 aliphatic carbocycles. The van der Waals surface area contributed by atoms with Gasteiger partial charge in [-0.3, -0.25) is 9.88 Å². The molecule has 0 saturated heterocycles. The lowest BCUT2D eigenvalue weighted by Gasteiger charge is -2.16. The number of para-hydroxylation sites is 1. The Morgan fingerprint density at radius 2 is 1.83 bits per heavy atom. The molecule has 0 spiro atoms. The summed E-state index contributed by atoms with van der Waals surface area (Å²) in [5.74, 6) is 0. The number of aromatic nitrogens is 1. The highest BCUT2D eigenvalue weighted by atomic mass is 15.1. The van der Waals surface area contributed by atoms with Gasteiger partial charge < -0.3 is 5.32 Å². The van der Waals surface area contributed by atoms with Crippen LogP contribution in [0.5, 0.6) is 0 Å². The number of hydrogen-bond donors (Lipinski definition) is 1. The van der Waals surface area contributed by atoms with E-state index in [1.54, 1.807) is 0 Å². The van der Waals surface area contributed by atoms with Crippen molar-refractivity contribution in [3.8, 4) is 0 Å². The van der Waals surface area contributed by atoms with Crippen molar-refractivity contribution in [2.75, 3.05) is 25.5 Å². The molecule has 0 unspecified atom stereocenters. The van der Waals surface area contributed by atoms with Gasteiger partial charge in [-0.15, -0.1) is 0 Å². The van der Waals surface area contributed by atoms with E-state index < -0.39 is 0 Å². The maximum absolute atomic E-state index is 4.32. The van der Waals surface area contributed by atoms with Crippen LogP contribution in [0.1, 0.15) is 5.69 Å². The highest BCUT2D eigenvalue weighted by Gasteiger charge is 2.00. The van der Waals surface area contributed by atoms with Gasteiger partial charge in [-0.05, 0) is 31.3 Å². The standard InChI is InChI=1S/C15H19N3/c1-18(13-15-9-5-6-10-16-15)12-11-17-14-7-3-2-4-8-14/h2-10,17H,11-13H2,1H3. The minimum Gasteiger partial charge on any atom is -0.384 e. The number of hydrogen-bond acceptors (Lipinski definition) is 3. The SMILES string of the molecule is CN(CCNc1ccccc1)Cc1ccccn1. The average Bonchev–Trinajstić information content (AvgIpc) is 2.41. The molecule has 0 radical (unpaired) electrons. The molecule has 1 aromatic heterocycles. The van der Waals surface area contributed by atoms with E-state index in [4.69, 9.17) is 0 Å². The Labute approximate surface area is 108 Å². The second-order valence-electron chi connectivity index (χ2n) is 4.35. The first kappa shape index (κ1) is 12.6. The predicted octanol–water partition coefficient (Wildman–Crippen LogP) is 2.63. The maximum Gasteiger partial charge on any atom is 0.0543 e. The summed E-state index contributed by atoms with van der Waals surface area (Å²) < 4.78 is 0. The van der Waals surface area contributed by atoms with Crippen LogP contribution in [0, 0.1) is 0 Å². The molecular weight excluding hydrogens is 222 g/mol. The van der Waals surface area contributed by atoms with Gasteiger partial charge in [0.1, 0.15) is 0 Å². The summed E-state index contributed by atoms with van der Waals surface area (Å²) in [7, 11) is 2.11. The van der Waals surface area contributed by atoms with Gasteiger partial charge in [-0.2, -0.15) is 0 Å². The van der Waals surface area contributed by atoms with E-state index in [1.165, 1.54) is 5.69 Å². The predicted molar refractivity (Wildman–Crippen MR) is 75.5 cm³/mol. The summed E-state index contributed by atoms with van der Waals surface area (Å²) in [5, 5.41) is 3.40. The smallest absolute Gasteiger partial charge is 0.0543 e. The van der Waals surface area contributed by atoms with Crippen molar-refractivity contribution in [1.82, 2.24) is 9.88 Å². The monoisotopic (exact) mass is 241 g/mol. The molecule has 2 aromatic rings. The molecule has 1 N–H and O–H groups in total. The summed E-state index contributed by atoms with van der Waals surface area (Å²) in [6.07, 6.45) is 1.84. The Bertz CT molecular complexity index is 442. The van der Waals surface area contributed by atoms with Crippen molar-refractivity contribution < 1.29 is 0 Å². The highest BCUT2D eigenvalue weighted by Crippen LogP contribution is 2.04. The molecule has 0 saturated carbocycles. The van der Waals surface area contributed by atoms with Gasteiger partial charge in [0, 0.05) is 31.5 Å². The number of nitrogens with zero attached hydrogens (tertiary/aromatic N) is 2. The fraction of sp³-hybridized carbons (Fsp3) is 0.267. The Hall–Kier alpha value is -1.87. The van der Waals surface area contributed by atoms with E-state index in [-0.39, 0.29) is 0 Å². The van der Waals surface area contributed by atoms with E-state index >= 15 is 0 Å². The zero-order valence-corrected chi connectivity index (χ0v) is 10.7. The lowest BCUT2D eigenvalue weighted by Crippen LogP contribution is -2.25. The molecule has 3 heteroatoms. The molecule has 3 nitrogen and oxygen atoms in total. The lowest BCUT2D eigenvalue weighted by molar-refractivity contribution is 0.336. The van der Waals surface area contributed by atoms with Crippen LogP contribution >= 0.6 is 0 Å². The van der Waals surface area contributed by atoms with Crippen LogP contribution in [0.4, 0.5) is 5.69 Å². The number of nitrogens with one attached hydrogen (secondary N) is 1. The van der Waals surface area contributed by atoms with E-state index in [1.807, 2.05) is 36.5 Å². The van der Waals surface area contributed by atoms with Crippen molar-refractivity contribution in [1.29, 1.82) is 0 Å². The minimum atomic E-state index is 0.886. The van der Waals surface area contributed by atoms with Crippen LogP contribution in [0.3, 0.4) is 0 Å². The van der Waals surface area contributed by atoms with Gasteiger partial charge in [0.2, 0.25) is 0 Å². The van der Waals surface area contributed by atoms with Crippen LogP contribution in [0.15, 0.2) is 54.7 Å². The van der Waals surface area contributed by atoms with E-state index in [9.17, 15) is 0 Å². The molecule has 18 heavy (non-hydrogen) atoms. The summed E-state index contributed by atoms with van der Waals surface area (Å²) in [4.78, 5) is 6.59. The van der Waals surface area contributed by atoms with Gasteiger partial charge in [-0.1, -0.05) is 24.3 Å². The summed E-state index contributed by atoms with van der Waals surface area (Å²) in [6.45, 7) is 2.82.